The molecule has 1 aliphatic heterocycles. The molecular weight excluding hydrogens is 780 g/mol. The molecule has 0 amide bonds. The van der Waals surface area contributed by atoms with Crippen molar-refractivity contribution in [2.24, 2.45) is 0 Å². The van der Waals surface area contributed by atoms with Gasteiger partial charge in [0, 0.05) is 16.1 Å². The number of rotatable bonds is 20. The molecule has 0 radical (unpaired) electrons. The summed E-state index contributed by atoms with van der Waals surface area (Å²) in [5.74, 6) is -1.47. The summed E-state index contributed by atoms with van der Waals surface area (Å²) in [4.78, 5) is 11.7. The number of hydrogen-bond acceptors (Lipinski definition) is 9. The van der Waals surface area contributed by atoms with Crippen LogP contribution in [0.15, 0.2) is 164 Å². The molecule has 1 heterocycles. The van der Waals surface area contributed by atoms with E-state index < -0.39 is 36.3 Å². The Hall–Kier alpha value is -5.36. The van der Waals surface area contributed by atoms with Crippen LogP contribution in [0.4, 0.5) is 0 Å². The average molecular weight is 829 g/mol. The Morgan fingerprint density at radius 2 is 1.18 bits per heavy atom. The van der Waals surface area contributed by atoms with Gasteiger partial charge in [-0.15, -0.1) is 0 Å². The number of carbonyl (C=O) groups is 1. The molecule has 9 nitrogen and oxygen atoms in total. The summed E-state index contributed by atoms with van der Waals surface area (Å²) in [6.07, 6.45) is -4.68. The van der Waals surface area contributed by atoms with E-state index in [1.54, 1.807) is 18.2 Å². The van der Waals surface area contributed by atoms with Gasteiger partial charge >= 0.3 is 0 Å². The van der Waals surface area contributed by atoms with E-state index in [-0.39, 0.29) is 33.0 Å². The van der Waals surface area contributed by atoms with Crippen LogP contribution < -0.4 is 4.74 Å². The summed E-state index contributed by atoms with van der Waals surface area (Å²) in [7, 11) is 0. The zero-order valence-corrected chi connectivity index (χ0v) is 34.1. The third-order valence-corrected chi connectivity index (χ3v) is 10.7. The molecular formula is C50H49ClO9. The Kier molecular flexibility index (Phi) is 15.1. The maximum absolute atomic E-state index is 13.3. The molecule has 2 unspecified atom stereocenters. The second-order valence-electron chi connectivity index (χ2n) is 14.4. The lowest BCUT2D eigenvalue weighted by Gasteiger charge is -2.50. The van der Waals surface area contributed by atoms with Gasteiger partial charge in [0.1, 0.15) is 42.9 Å². The first-order valence-electron chi connectivity index (χ1n) is 20.1. The smallest absolute Gasteiger partial charge is 0.293 e. The van der Waals surface area contributed by atoms with Crippen LogP contribution in [0.1, 0.15) is 52.0 Å². The Morgan fingerprint density at radius 3 is 1.72 bits per heavy atom. The van der Waals surface area contributed by atoms with E-state index in [0.29, 0.717) is 29.2 Å². The lowest BCUT2D eigenvalue weighted by atomic mass is 9.86. The van der Waals surface area contributed by atoms with Gasteiger partial charge in [-0.05, 0) is 59.0 Å². The van der Waals surface area contributed by atoms with E-state index in [1.165, 1.54) is 0 Å². The minimum Gasteiger partial charge on any atom is -0.494 e. The van der Waals surface area contributed by atoms with Crippen LogP contribution in [-0.4, -0.2) is 49.2 Å². The molecule has 10 heteroatoms. The van der Waals surface area contributed by atoms with Crippen LogP contribution in [0.25, 0.3) is 0 Å². The highest BCUT2D eigenvalue weighted by atomic mass is 35.5. The molecule has 0 spiro atoms. The molecule has 0 aliphatic carbocycles. The standard InChI is InChI=1S/C50H49ClO9/c1-2-55-42-26-23-40(24-27-42)46(56-30-36-15-7-3-8-16-36)43-29-41(25-28-44(43)51)50(53)49(59-33-39-21-13-6-14-22-39)48(58-32-38-19-11-5-12-20-38)47(45(60-50)34-54-35-52)57-31-37-17-9-4-10-18-37/h3-29,35,45-49,53H,2,30-34H2,1H3/t45-,46?,47-,48+,49-,50?/m1/s1. The van der Waals surface area contributed by atoms with Crippen molar-refractivity contribution in [1.29, 1.82) is 0 Å². The number of carbonyl (C=O) groups excluding carboxylic acids is 1. The van der Waals surface area contributed by atoms with Crippen molar-refractivity contribution in [3.8, 4) is 5.75 Å². The van der Waals surface area contributed by atoms with Crippen LogP contribution in [0.3, 0.4) is 0 Å². The van der Waals surface area contributed by atoms with Gasteiger partial charge in [-0.25, -0.2) is 0 Å². The number of halogens is 1. The zero-order chi connectivity index (χ0) is 41.6. The van der Waals surface area contributed by atoms with Crippen molar-refractivity contribution in [2.75, 3.05) is 13.2 Å². The lowest BCUT2D eigenvalue weighted by Crippen LogP contribution is -2.65. The summed E-state index contributed by atoms with van der Waals surface area (Å²) in [6.45, 7) is 3.32. The van der Waals surface area contributed by atoms with Gasteiger partial charge in [-0.1, -0.05) is 151 Å². The Morgan fingerprint density at radius 1 is 0.667 bits per heavy atom. The van der Waals surface area contributed by atoms with Crippen molar-refractivity contribution in [2.45, 2.75) is 69.7 Å². The second kappa shape index (κ2) is 21.2. The zero-order valence-electron chi connectivity index (χ0n) is 33.4. The molecule has 6 aromatic carbocycles. The molecule has 310 valence electrons. The lowest BCUT2D eigenvalue weighted by molar-refractivity contribution is -0.377. The summed E-state index contributed by atoms with van der Waals surface area (Å²) in [5, 5.41) is 13.7. The minimum atomic E-state index is -2.19. The van der Waals surface area contributed by atoms with Gasteiger partial charge in [0.15, 0.2) is 0 Å². The van der Waals surface area contributed by atoms with E-state index in [9.17, 15) is 9.90 Å². The fourth-order valence-electron chi connectivity index (χ4n) is 7.34. The fourth-order valence-corrected chi connectivity index (χ4v) is 7.56. The first-order chi connectivity index (χ1) is 29.4. The molecule has 0 aromatic heterocycles. The molecule has 60 heavy (non-hydrogen) atoms. The van der Waals surface area contributed by atoms with Gasteiger partial charge < -0.3 is 38.3 Å². The predicted octanol–water partition coefficient (Wildman–Crippen LogP) is 9.52. The molecule has 1 saturated heterocycles. The molecule has 0 bridgehead atoms. The van der Waals surface area contributed by atoms with Crippen LogP contribution >= 0.6 is 11.6 Å². The molecule has 1 fully saturated rings. The minimum absolute atomic E-state index is 0.110. The van der Waals surface area contributed by atoms with Crippen molar-refractivity contribution >= 4 is 18.1 Å². The molecule has 6 aromatic rings. The Labute approximate surface area is 356 Å². The third-order valence-electron chi connectivity index (χ3n) is 10.3. The van der Waals surface area contributed by atoms with Gasteiger partial charge in [0.25, 0.3) is 6.47 Å². The highest BCUT2D eigenvalue weighted by Gasteiger charge is 2.57. The van der Waals surface area contributed by atoms with E-state index >= 15 is 0 Å². The van der Waals surface area contributed by atoms with Crippen LogP contribution in [0.2, 0.25) is 5.02 Å². The first-order valence-corrected chi connectivity index (χ1v) is 20.4. The molecule has 0 saturated carbocycles. The van der Waals surface area contributed by atoms with Crippen molar-refractivity contribution < 1.29 is 43.1 Å². The highest BCUT2D eigenvalue weighted by molar-refractivity contribution is 6.31. The first kappa shape index (κ1) is 42.8. The van der Waals surface area contributed by atoms with E-state index in [4.69, 9.17) is 44.8 Å². The monoisotopic (exact) mass is 828 g/mol. The van der Waals surface area contributed by atoms with Gasteiger partial charge in [0.2, 0.25) is 5.79 Å². The summed E-state index contributed by atoms with van der Waals surface area (Å²) < 4.78 is 44.7. The summed E-state index contributed by atoms with van der Waals surface area (Å²) in [5.41, 5.74) is 5.38. The van der Waals surface area contributed by atoms with Crippen molar-refractivity contribution in [3.63, 3.8) is 0 Å². The van der Waals surface area contributed by atoms with Crippen LogP contribution in [-0.2, 0) is 65.4 Å². The number of aliphatic hydroxyl groups is 1. The number of ether oxygens (including phenoxy) is 7. The molecule has 7 rings (SSSR count). The van der Waals surface area contributed by atoms with Gasteiger partial charge in [-0.2, -0.15) is 0 Å². The number of benzene rings is 6. The topological polar surface area (TPSA) is 102 Å². The second-order valence-corrected chi connectivity index (χ2v) is 14.8. The normalized spacial score (nSPS) is 20.6. The average Bonchev–Trinajstić information content (AvgIpc) is 3.29. The van der Waals surface area contributed by atoms with Crippen LogP contribution in [0.5, 0.6) is 5.75 Å². The fraction of sp³-hybridized carbons (Fsp3) is 0.260. The Balaban J connectivity index is 1.32. The molecule has 1 N–H and O–H groups in total. The van der Waals surface area contributed by atoms with Crippen LogP contribution in [0, 0.1) is 0 Å². The molecule has 6 atom stereocenters. The third kappa shape index (κ3) is 10.9. The van der Waals surface area contributed by atoms with Crippen molar-refractivity contribution in [3.05, 3.63) is 208 Å². The number of hydrogen-bond donors (Lipinski definition) is 1. The maximum Gasteiger partial charge on any atom is 0.293 e. The van der Waals surface area contributed by atoms with E-state index in [0.717, 1.165) is 33.6 Å². The van der Waals surface area contributed by atoms with E-state index in [2.05, 4.69) is 0 Å². The summed E-state index contributed by atoms with van der Waals surface area (Å²) in [6, 6.07) is 51.8. The van der Waals surface area contributed by atoms with Crippen molar-refractivity contribution in [1.82, 2.24) is 0 Å². The highest BCUT2D eigenvalue weighted by Crippen LogP contribution is 2.44. The largest absolute Gasteiger partial charge is 0.494 e. The SMILES string of the molecule is CCOc1ccc(C(OCc2ccccc2)c2cc(C3(O)O[C@H](COC=O)[C@@H](OCc4ccccc4)[C@H](OCc4ccccc4)[C@H]3OCc3ccccc3)ccc2Cl)cc1. The van der Waals surface area contributed by atoms with E-state index in [1.807, 2.05) is 153 Å². The summed E-state index contributed by atoms with van der Waals surface area (Å²) >= 11 is 7.07. The molecule has 1 aliphatic rings. The Bertz CT molecular complexity index is 2190. The van der Waals surface area contributed by atoms with Gasteiger partial charge in [-0.3, -0.25) is 4.79 Å². The quantitative estimate of drug-likeness (QED) is 0.0755. The predicted molar refractivity (Wildman–Crippen MR) is 228 cm³/mol. The maximum atomic E-state index is 13.3. The van der Waals surface area contributed by atoms with Gasteiger partial charge in [0.05, 0.1) is 33.0 Å².